The van der Waals surface area contributed by atoms with Gasteiger partial charge < -0.3 is 20.4 Å². The maximum atomic E-state index is 13.0. The Morgan fingerprint density at radius 1 is 1.30 bits per heavy atom. The molecule has 1 aliphatic rings. The fraction of sp³-hybridized carbons (Fsp3) is 0.364. The van der Waals surface area contributed by atoms with Gasteiger partial charge in [-0.3, -0.25) is 23.4 Å². The normalized spacial score (nSPS) is 19.1. The molecule has 3 aromatic rings. The number of nitrogens with zero attached hydrogens (tertiary/aromatic N) is 4. The Morgan fingerprint density at radius 3 is 2.64 bits per heavy atom. The molecule has 174 valence electrons. The largest absolute Gasteiger partial charge is 0.480 e. The van der Waals surface area contributed by atoms with Gasteiger partial charge in [0.25, 0.3) is 5.56 Å². The van der Waals surface area contributed by atoms with Crippen molar-refractivity contribution in [1.29, 1.82) is 0 Å². The molecule has 0 radical (unpaired) electrons. The molecule has 4 rings (SSSR count). The van der Waals surface area contributed by atoms with E-state index in [0.717, 1.165) is 5.56 Å². The summed E-state index contributed by atoms with van der Waals surface area (Å²) < 4.78 is 3.23. The van der Waals surface area contributed by atoms with E-state index in [2.05, 4.69) is 10.3 Å². The number of aromatic nitrogens is 3. The highest BCUT2D eigenvalue weighted by Crippen LogP contribution is 2.28. The predicted octanol–water partition coefficient (Wildman–Crippen LogP) is 1.37. The number of benzene rings is 1. The highest BCUT2D eigenvalue weighted by molar-refractivity contribution is 6.30. The highest BCUT2D eigenvalue weighted by atomic mass is 35.5. The van der Waals surface area contributed by atoms with E-state index in [1.54, 1.807) is 27.8 Å². The zero-order valence-corrected chi connectivity index (χ0v) is 18.9. The Morgan fingerprint density at radius 2 is 2.00 bits per heavy atom. The van der Waals surface area contributed by atoms with Crippen LogP contribution in [0.3, 0.4) is 0 Å². The molecule has 0 aliphatic carbocycles. The van der Waals surface area contributed by atoms with Gasteiger partial charge >= 0.3 is 5.97 Å². The maximum absolute atomic E-state index is 13.0. The van der Waals surface area contributed by atoms with Crippen LogP contribution in [0.1, 0.15) is 20.3 Å². The van der Waals surface area contributed by atoms with Crippen molar-refractivity contribution in [3.05, 3.63) is 51.9 Å². The van der Waals surface area contributed by atoms with E-state index in [-0.39, 0.29) is 18.5 Å². The van der Waals surface area contributed by atoms with Crippen molar-refractivity contribution in [2.75, 3.05) is 11.4 Å². The van der Waals surface area contributed by atoms with Crippen LogP contribution in [0.25, 0.3) is 17.0 Å². The van der Waals surface area contributed by atoms with Crippen LogP contribution in [0.15, 0.2) is 41.3 Å². The average molecular weight is 474 g/mol. The van der Waals surface area contributed by atoms with Gasteiger partial charge in [-0.05, 0) is 26.0 Å². The number of aliphatic hydroxyl groups excluding tert-OH is 1. The number of aryl methyl sites for hydroxylation is 1. The number of carbonyl (C=O) groups is 2. The van der Waals surface area contributed by atoms with E-state index in [1.165, 1.54) is 17.4 Å². The molecule has 10 nitrogen and oxygen atoms in total. The first-order valence-corrected chi connectivity index (χ1v) is 10.9. The van der Waals surface area contributed by atoms with Crippen LogP contribution in [0.5, 0.6) is 0 Å². The molecule has 2 aromatic heterocycles. The molecule has 11 heteroatoms. The molecule has 1 amide bonds. The molecule has 1 aromatic carbocycles. The molecule has 0 unspecified atom stereocenters. The summed E-state index contributed by atoms with van der Waals surface area (Å²) in [6, 6.07) is 6.60. The van der Waals surface area contributed by atoms with E-state index in [4.69, 9.17) is 16.7 Å². The second-order valence-electron chi connectivity index (χ2n) is 8.01. The predicted molar refractivity (Wildman–Crippen MR) is 123 cm³/mol. The minimum atomic E-state index is -1.16. The second kappa shape index (κ2) is 8.87. The van der Waals surface area contributed by atoms with E-state index < -0.39 is 30.1 Å². The van der Waals surface area contributed by atoms with Crippen LogP contribution in [0, 0.1) is 0 Å². The number of anilines is 1. The summed E-state index contributed by atoms with van der Waals surface area (Å²) in [5.41, 5.74) is 1.05. The molecule has 0 saturated carbocycles. The first-order chi connectivity index (χ1) is 15.7. The third-order valence-corrected chi connectivity index (χ3v) is 6.01. The number of carboxylic acids is 1. The maximum Gasteiger partial charge on any atom is 0.325 e. The lowest BCUT2D eigenvalue weighted by Gasteiger charge is -2.28. The molecule has 3 N–H and O–H groups in total. The Kier molecular flexibility index (Phi) is 6.13. The number of amides is 1. The number of nitrogens with one attached hydrogen (secondary N) is 1. The lowest BCUT2D eigenvalue weighted by molar-refractivity contribution is -0.141. The third kappa shape index (κ3) is 4.31. The molecule has 1 saturated heterocycles. The number of rotatable bonds is 6. The number of fused-ring (bicyclic) bond motifs is 1. The van der Waals surface area contributed by atoms with E-state index in [9.17, 15) is 19.5 Å². The van der Waals surface area contributed by atoms with Gasteiger partial charge in [-0.15, -0.1) is 0 Å². The zero-order valence-electron chi connectivity index (χ0n) is 18.1. The fourth-order valence-electron chi connectivity index (χ4n) is 4.07. The van der Waals surface area contributed by atoms with Crippen LogP contribution in [0.2, 0.25) is 5.02 Å². The summed E-state index contributed by atoms with van der Waals surface area (Å²) in [6.45, 7) is 3.83. The molecule has 0 spiro atoms. The molecule has 3 atom stereocenters. The van der Waals surface area contributed by atoms with E-state index in [0.29, 0.717) is 28.9 Å². The van der Waals surface area contributed by atoms with Crippen molar-refractivity contribution >= 4 is 35.1 Å². The summed E-state index contributed by atoms with van der Waals surface area (Å²) in [6.07, 6.45) is 0.960. The Hall–Kier alpha value is -3.37. The summed E-state index contributed by atoms with van der Waals surface area (Å²) >= 11 is 5.97. The Labute approximate surface area is 194 Å². The van der Waals surface area contributed by atoms with Gasteiger partial charge in [0.2, 0.25) is 11.7 Å². The van der Waals surface area contributed by atoms with Gasteiger partial charge in [0.1, 0.15) is 17.9 Å². The number of imidazole rings is 1. The van der Waals surface area contributed by atoms with E-state index in [1.807, 2.05) is 19.1 Å². The third-order valence-electron chi connectivity index (χ3n) is 5.76. The van der Waals surface area contributed by atoms with Gasteiger partial charge in [-0.2, -0.15) is 0 Å². The smallest absolute Gasteiger partial charge is 0.325 e. The number of carboxylic acid groups (broad SMARTS) is 1. The van der Waals surface area contributed by atoms with Crippen molar-refractivity contribution < 1.29 is 19.8 Å². The van der Waals surface area contributed by atoms with Gasteiger partial charge in [-0.25, -0.2) is 4.98 Å². The first kappa shape index (κ1) is 22.8. The van der Waals surface area contributed by atoms with Gasteiger partial charge in [0.05, 0.1) is 11.8 Å². The van der Waals surface area contributed by atoms with Crippen LogP contribution < -0.4 is 15.8 Å². The number of aliphatic carboxylic acids is 1. The van der Waals surface area contributed by atoms with Crippen molar-refractivity contribution in [2.24, 2.45) is 0 Å². The van der Waals surface area contributed by atoms with Gasteiger partial charge in [-0.1, -0.05) is 23.7 Å². The Balaban J connectivity index is 1.77. The van der Waals surface area contributed by atoms with Crippen LogP contribution >= 0.6 is 11.6 Å². The lowest BCUT2D eigenvalue weighted by atomic mass is 10.1. The second-order valence-corrected chi connectivity index (χ2v) is 8.45. The fourth-order valence-corrected chi connectivity index (χ4v) is 4.20. The van der Waals surface area contributed by atoms with Crippen LogP contribution in [-0.4, -0.2) is 60.8 Å². The summed E-state index contributed by atoms with van der Waals surface area (Å²) in [4.78, 5) is 43.2. The quantitative estimate of drug-likeness (QED) is 0.493. The van der Waals surface area contributed by atoms with Gasteiger partial charge in [0, 0.05) is 42.4 Å². The number of halogens is 1. The molecule has 1 fully saturated rings. The first-order valence-electron chi connectivity index (χ1n) is 10.6. The van der Waals surface area contributed by atoms with Crippen molar-refractivity contribution in [3.63, 3.8) is 0 Å². The van der Waals surface area contributed by atoms with E-state index >= 15 is 0 Å². The highest BCUT2D eigenvalue weighted by Gasteiger charge is 2.38. The summed E-state index contributed by atoms with van der Waals surface area (Å²) in [5.74, 6) is -0.860. The lowest BCUT2D eigenvalue weighted by Crippen LogP contribution is -2.49. The number of β-amino-alcohol motifs (C(OH)–C–C–N with tert-alkyl or cyclic N) is 1. The molecule has 3 heterocycles. The molecule has 0 bridgehead atoms. The van der Waals surface area contributed by atoms with Crippen molar-refractivity contribution in [2.45, 2.75) is 45.0 Å². The SMILES string of the molecule is CCn1c(N2C[C@H](O)C[C@H]2C(=O)N[C@@H](C)C(=O)O)cc(=O)n2cc(-c3ccc(Cl)cc3)nc12. The average Bonchev–Trinajstić information content (AvgIpc) is 3.38. The molecular weight excluding hydrogens is 450 g/mol. The standard InChI is InChI=1S/C22H24ClN5O5/c1-3-26-18(27-10-15(29)8-17(27)20(31)24-12(2)21(32)33)9-19(30)28-11-16(25-22(26)28)13-4-6-14(23)7-5-13/h4-7,9,11-12,15,17,29H,3,8,10H2,1-2H3,(H,24,31)(H,32,33)/t12-,15+,17-/m0/s1. The molecular formula is C22H24ClN5O5. The minimum Gasteiger partial charge on any atom is -0.480 e. The van der Waals surface area contributed by atoms with Crippen molar-refractivity contribution in [3.8, 4) is 11.3 Å². The number of hydrogen-bond acceptors (Lipinski definition) is 6. The van der Waals surface area contributed by atoms with Gasteiger partial charge in [0.15, 0.2) is 0 Å². The minimum absolute atomic E-state index is 0.117. The molecule has 33 heavy (non-hydrogen) atoms. The monoisotopic (exact) mass is 473 g/mol. The number of aliphatic hydroxyl groups is 1. The summed E-state index contributed by atoms with van der Waals surface area (Å²) in [5, 5.41) is 22.4. The number of carbonyl (C=O) groups excluding carboxylic acids is 1. The van der Waals surface area contributed by atoms with Crippen LogP contribution in [0.4, 0.5) is 5.82 Å². The van der Waals surface area contributed by atoms with Crippen LogP contribution in [-0.2, 0) is 16.1 Å². The topological polar surface area (TPSA) is 129 Å². The van der Waals surface area contributed by atoms with Crippen molar-refractivity contribution in [1.82, 2.24) is 19.3 Å². The summed E-state index contributed by atoms with van der Waals surface area (Å²) in [7, 11) is 0. The zero-order chi connectivity index (χ0) is 23.9. The molecule has 1 aliphatic heterocycles. The Bertz CT molecular complexity index is 1270. The number of hydrogen-bond donors (Lipinski definition) is 3.